The number of hydrogen-bond donors (Lipinski definition) is 0. The number of aromatic nitrogens is 2. The van der Waals surface area contributed by atoms with Crippen molar-refractivity contribution in [3.63, 3.8) is 0 Å². The van der Waals surface area contributed by atoms with Gasteiger partial charge in [0.05, 0.1) is 19.3 Å². The molecule has 0 saturated carbocycles. The first-order chi connectivity index (χ1) is 10.2. The molecule has 0 atom stereocenters. The van der Waals surface area contributed by atoms with Gasteiger partial charge in [-0.1, -0.05) is 6.92 Å². The van der Waals surface area contributed by atoms with E-state index in [-0.39, 0.29) is 0 Å². The van der Waals surface area contributed by atoms with Crippen LogP contribution in [-0.2, 0) is 4.74 Å². The molecule has 2 rings (SSSR count). The molecule has 1 aliphatic rings. The van der Waals surface area contributed by atoms with Crippen LogP contribution in [0.4, 0.5) is 5.95 Å². The van der Waals surface area contributed by atoms with Gasteiger partial charge in [-0.25, -0.2) is 4.98 Å². The smallest absolute Gasteiger partial charge is 0.228 e. The molecule has 0 radical (unpaired) electrons. The van der Waals surface area contributed by atoms with E-state index >= 15 is 0 Å². The van der Waals surface area contributed by atoms with Gasteiger partial charge in [-0.05, 0) is 26.2 Å². The Bertz CT molecular complexity index is 437. The zero-order valence-electron chi connectivity index (χ0n) is 12.8. The lowest BCUT2D eigenvalue weighted by Gasteiger charge is -2.32. The molecule has 118 valence electrons. The highest BCUT2D eigenvalue weighted by Gasteiger charge is 2.22. The fourth-order valence-corrected chi connectivity index (χ4v) is 2.47. The maximum Gasteiger partial charge on any atom is 0.228 e. The van der Waals surface area contributed by atoms with Crippen LogP contribution in [0.15, 0.2) is 6.07 Å². The maximum absolute atomic E-state index is 5.69. The quantitative estimate of drug-likeness (QED) is 0.724. The summed E-state index contributed by atoms with van der Waals surface area (Å²) in [7, 11) is 0. The number of piperidine rings is 1. The van der Waals surface area contributed by atoms with Gasteiger partial charge in [0.2, 0.25) is 11.8 Å². The molecule has 6 heteroatoms. The standard InChI is InChI=1S/C15H24ClN3O2/c1-3-9-21-14-11-12(2)17-15(18-14)19-7-4-13(5-8-19)20-10-6-16/h11,13H,3-10H2,1-2H3. The molecule has 1 fully saturated rings. The second kappa shape index (κ2) is 8.39. The number of aryl methyl sites for hydroxylation is 1. The molecule has 1 saturated heterocycles. The first-order valence-electron chi connectivity index (χ1n) is 7.64. The molecule has 1 aliphatic heterocycles. The number of rotatable bonds is 7. The Morgan fingerprint density at radius 2 is 2.05 bits per heavy atom. The van der Waals surface area contributed by atoms with Gasteiger partial charge in [-0.3, -0.25) is 0 Å². The van der Waals surface area contributed by atoms with Gasteiger partial charge in [0.1, 0.15) is 0 Å². The average molecular weight is 314 g/mol. The second-order valence-electron chi connectivity index (χ2n) is 5.24. The minimum Gasteiger partial charge on any atom is -0.478 e. The van der Waals surface area contributed by atoms with E-state index in [1.165, 1.54) is 0 Å². The van der Waals surface area contributed by atoms with Crippen molar-refractivity contribution in [2.45, 2.75) is 39.2 Å². The molecule has 0 spiro atoms. The summed E-state index contributed by atoms with van der Waals surface area (Å²) in [5, 5.41) is 0. The highest BCUT2D eigenvalue weighted by molar-refractivity contribution is 6.17. The molecular weight excluding hydrogens is 290 g/mol. The molecule has 2 heterocycles. The Labute approximate surface area is 131 Å². The molecule has 0 N–H and O–H groups in total. The lowest BCUT2D eigenvalue weighted by Crippen LogP contribution is -2.38. The molecule has 0 bridgehead atoms. The Balaban J connectivity index is 1.94. The SMILES string of the molecule is CCCOc1cc(C)nc(N2CCC(OCCCl)CC2)n1. The number of halogens is 1. The molecule has 0 aromatic carbocycles. The topological polar surface area (TPSA) is 47.5 Å². The summed E-state index contributed by atoms with van der Waals surface area (Å²) in [6.45, 7) is 7.18. The molecular formula is C15H24ClN3O2. The van der Waals surface area contributed by atoms with Crippen LogP contribution in [0.25, 0.3) is 0 Å². The van der Waals surface area contributed by atoms with Crippen molar-refractivity contribution in [2.75, 3.05) is 37.1 Å². The number of ether oxygens (including phenoxy) is 2. The fourth-order valence-electron chi connectivity index (χ4n) is 2.38. The van der Waals surface area contributed by atoms with Crippen LogP contribution in [0.5, 0.6) is 5.88 Å². The zero-order valence-corrected chi connectivity index (χ0v) is 13.6. The van der Waals surface area contributed by atoms with Gasteiger partial charge in [0.15, 0.2) is 0 Å². The van der Waals surface area contributed by atoms with E-state index in [0.717, 1.165) is 44.0 Å². The number of alkyl halides is 1. The lowest BCUT2D eigenvalue weighted by atomic mass is 10.1. The van der Waals surface area contributed by atoms with Crippen molar-refractivity contribution < 1.29 is 9.47 Å². The van der Waals surface area contributed by atoms with Crippen molar-refractivity contribution >= 4 is 17.5 Å². The van der Waals surface area contributed by atoms with Crippen LogP contribution in [0.2, 0.25) is 0 Å². The average Bonchev–Trinajstić information content (AvgIpc) is 2.51. The van der Waals surface area contributed by atoms with Crippen LogP contribution < -0.4 is 9.64 Å². The molecule has 21 heavy (non-hydrogen) atoms. The van der Waals surface area contributed by atoms with Gasteiger partial charge >= 0.3 is 0 Å². The summed E-state index contributed by atoms with van der Waals surface area (Å²) in [6.07, 6.45) is 3.25. The van der Waals surface area contributed by atoms with Crippen molar-refractivity contribution in [1.82, 2.24) is 9.97 Å². The van der Waals surface area contributed by atoms with Gasteiger partial charge in [-0.2, -0.15) is 4.98 Å². The Morgan fingerprint density at radius 3 is 2.71 bits per heavy atom. The summed E-state index contributed by atoms with van der Waals surface area (Å²) < 4.78 is 11.3. The predicted octanol–water partition coefficient (Wildman–Crippen LogP) is 2.80. The lowest BCUT2D eigenvalue weighted by molar-refractivity contribution is 0.0469. The molecule has 0 aliphatic carbocycles. The van der Waals surface area contributed by atoms with E-state index in [2.05, 4.69) is 21.8 Å². The fraction of sp³-hybridized carbons (Fsp3) is 0.733. The second-order valence-corrected chi connectivity index (χ2v) is 5.62. The van der Waals surface area contributed by atoms with Gasteiger partial charge in [0.25, 0.3) is 0 Å². The monoisotopic (exact) mass is 313 g/mol. The predicted molar refractivity (Wildman–Crippen MR) is 84.5 cm³/mol. The van der Waals surface area contributed by atoms with E-state index < -0.39 is 0 Å². The Kier molecular flexibility index (Phi) is 6.51. The van der Waals surface area contributed by atoms with Crippen LogP contribution in [-0.4, -0.2) is 48.3 Å². The van der Waals surface area contributed by atoms with Crippen molar-refractivity contribution in [2.24, 2.45) is 0 Å². The van der Waals surface area contributed by atoms with Crippen molar-refractivity contribution in [3.8, 4) is 5.88 Å². The highest BCUT2D eigenvalue weighted by Crippen LogP contribution is 2.21. The van der Waals surface area contributed by atoms with E-state index in [4.69, 9.17) is 21.1 Å². The number of hydrogen-bond acceptors (Lipinski definition) is 5. The third kappa shape index (κ3) is 5.00. The highest BCUT2D eigenvalue weighted by atomic mass is 35.5. The van der Waals surface area contributed by atoms with Crippen LogP contribution in [0.1, 0.15) is 31.9 Å². The largest absolute Gasteiger partial charge is 0.478 e. The summed E-state index contributed by atoms with van der Waals surface area (Å²) in [4.78, 5) is 11.2. The first kappa shape index (κ1) is 16.3. The number of anilines is 1. The van der Waals surface area contributed by atoms with Crippen LogP contribution >= 0.6 is 11.6 Å². The Hall–Kier alpha value is -1.07. The molecule has 0 amide bonds. The van der Waals surface area contributed by atoms with Crippen LogP contribution in [0.3, 0.4) is 0 Å². The van der Waals surface area contributed by atoms with Crippen molar-refractivity contribution in [3.05, 3.63) is 11.8 Å². The molecule has 0 unspecified atom stereocenters. The van der Waals surface area contributed by atoms with E-state index in [9.17, 15) is 0 Å². The first-order valence-corrected chi connectivity index (χ1v) is 8.17. The summed E-state index contributed by atoms with van der Waals surface area (Å²) in [5.41, 5.74) is 0.937. The Morgan fingerprint density at radius 1 is 1.29 bits per heavy atom. The third-order valence-corrected chi connectivity index (χ3v) is 3.58. The summed E-state index contributed by atoms with van der Waals surface area (Å²) in [6, 6.07) is 1.88. The maximum atomic E-state index is 5.69. The normalized spacial score (nSPS) is 16.2. The minimum absolute atomic E-state index is 0.306. The molecule has 1 aromatic heterocycles. The summed E-state index contributed by atoms with van der Waals surface area (Å²) >= 11 is 5.65. The van der Waals surface area contributed by atoms with Crippen molar-refractivity contribution in [1.29, 1.82) is 0 Å². The zero-order chi connectivity index (χ0) is 15.1. The third-order valence-electron chi connectivity index (χ3n) is 3.43. The van der Waals surface area contributed by atoms with E-state index in [1.807, 2.05) is 13.0 Å². The van der Waals surface area contributed by atoms with Gasteiger partial charge in [-0.15, -0.1) is 11.6 Å². The molecule has 1 aromatic rings. The van der Waals surface area contributed by atoms with Gasteiger partial charge < -0.3 is 14.4 Å². The van der Waals surface area contributed by atoms with Crippen LogP contribution in [0, 0.1) is 6.92 Å². The minimum atomic E-state index is 0.306. The van der Waals surface area contributed by atoms with E-state index in [0.29, 0.717) is 31.1 Å². The molecule has 5 nitrogen and oxygen atoms in total. The van der Waals surface area contributed by atoms with E-state index in [1.54, 1.807) is 0 Å². The van der Waals surface area contributed by atoms with Gasteiger partial charge in [0, 0.05) is 30.7 Å². The summed E-state index contributed by atoms with van der Waals surface area (Å²) in [5.74, 6) is 1.98. The number of nitrogens with zero attached hydrogens (tertiary/aromatic N) is 3.